The van der Waals surface area contributed by atoms with Gasteiger partial charge in [-0.25, -0.2) is 9.13 Å². The van der Waals surface area contributed by atoms with Crippen molar-refractivity contribution in [3.63, 3.8) is 0 Å². The van der Waals surface area contributed by atoms with Gasteiger partial charge in [0.15, 0.2) is 12.2 Å². The van der Waals surface area contributed by atoms with Crippen LogP contribution >= 0.6 is 15.6 Å². The third kappa shape index (κ3) is 58.2. The third-order valence-corrected chi connectivity index (χ3v) is 17.7. The summed E-state index contributed by atoms with van der Waals surface area (Å²) < 4.78 is 68.1. The zero-order chi connectivity index (χ0) is 63.2. The van der Waals surface area contributed by atoms with Crippen LogP contribution in [0.2, 0.25) is 0 Å². The van der Waals surface area contributed by atoms with E-state index in [-0.39, 0.29) is 25.7 Å². The minimum atomic E-state index is -4.95. The number of carbonyl (C=O) groups is 4. The van der Waals surface area contributed by atoms with Gasteiger partial charge in [0.2, 0.25) is 0 Å². The predicted molar refractivity (Wildman–Crippen MR) is 340 cm³/mol. The van der Waals surface area contributed by atoms with Crippen molar-refractivity contribution in [2.24, 2.45) is 23.7 Å². The van der Waals surface area contributed by atoms with Crippen LogP contribution in [0, 0.1) is 23.7 Å². The Balaban J connectivity index is 5.27. The van der Waals surface area contributed by atoms with Crippen LogP contribution in [0.3, 0.4) is 0 Å². The lowest BCUT2D eigenvalue weighted by atomic mass is 9.99. The molecule has 0 aromatic heterocycles. The lowest BCUT2D eigenvalue weighted by Gasteiger charge is -2.21. The van der Waals surface area contributed by atoms with Gasteiger partial charge in [-0.1, -0.05) is 267 Å². The summed E-state index contributed by atoms with van der Waals surface area (Å²) in [7, 11) is -9.89. The molecule has 0 aromatic carbocycles. The number of ether oxygens (including phenoxy) is 4. The van der Waals surface area contributed by atoms with Crippen LogP contribution in [0.1, 0.15) is 319 Å². The summed E-state index contributed by atoms with van der Waals surface area (Å²) in [5.41, 5.74) is 0. The maximum absolute atomic E-state index is 13.0. The summed E-state index contributed by atoms with van der Waals surface area (Å²) in [6.45, 7) is 14.0. The van der Waals surface area contributed by atoms with Gasteiger partial charge >= 0.3 is 39.5 Å². The lowest BCUT2D eigenvalue weighted by molar-refractivity contribution is -0.161. The second-order valence-electron chi connectivity index (χ2n) is 25.3. The van der Waals surface area contributed by atoms with Crippen LogP contribution in [0.5, 0.6) is 0 Å². The molecule has 4 unspecified atom stereocenters. The fraction of sp³-hybridized carbons (Fsp3) is 0.939. The highest BCUT2D eigenvalue weighted by Gasteiger charge is 2.30. The zero-order valence-electron chi connectivity index (χ0n) is 55.2. The Hall–Kier alpha value is -1.94. The molecule has 0 saturated heterocycles. The van der Waals surface area contributed by atoms with Crippen LogP contribution in [0.4, 0.5) is 0 Å². The number of hydrogen-bond acceptors (Lipinski definition) is 15. The first-order valence-electron chi connectivity index (χ1n) is 34.3. The van der Waals surface area contributed by atoms with Gasteiger partial charge in [-0.15, -0.1) is 0 Å². The number of esters is 4. The summed E-state index contributed by atoms with van der Waals surface area (Å²) in [4.78, 5) is 72.3. The van der Waals surface area contributed by atoms with Crippen molar-refractivity contribution in [1.82, 2.24) is 0 Å². The van der Waals surface area contributed by atoms with E-state index in [0.29, 0.717) is 25.7 Å². The molecule has 0 fully saturated rings. The lowest BCUT2D eigenvalue weighted by Crippen LogP contribution is -2.30. The smallest absolute Gasteiger partial charge is 0.462 e. The second kappa shape index (κ2) is 56.1. The Kier molecular flexibility index (Phi) is 54.8. The monoisotopic (exact) mass is 1250 g/mol. The summed E-state index contributed by atoms with van der Waals surface area (Å²) in [6.07, 6.45) is 36.2. The highest BCUT2D eigenvalue weighted by atomic mass is 31.2. The molecule has 7 atom stereocenters. The molecule has 0 aliphatic heterocycles. The molecule has 0 saturated carbocycles. The van der Waals surface area contributed by atoms with Crippen molar-refractivity contribution in [2.45, 2.75) is 337 Å². The molecule has 0 bridgehead atoms. The van der Waals surface area contributed by atoms with Gasteiger partial charge in [0.1, 0.15) is 19.3 Å². The van der Waals surface area contributed by atoms with Crippen LogP contribution < -0.4 is 0 Å². The molecular formula is C66H128O17P2. The van der Waals surface area contributed by atoms with Crippen molar-refractivity contribution < 1.29 is 80.2 Å². The highest BCUT2D eigenvalue weighted by Crippen LogP contribution is 2.45. The first-order valence-corrected chi connectivity index (χ1v) is 37.3. The number of rotatable bonds is 63. The first-order chi connectivity index (χ1) is 40.7. The van der Waals surface area contributed by atoms with Crippen LogP contribution in [-0.4, -0.2) is 96.7 Å². The van der Waals surface area contributed by atoms with Crippen molar-refractivity contribution in [2.75, 3.05) is 39.6 Å². The van der Waals surface area contributed by atoms with E-state index in [1.54, 1.807) is 0 Å². The molecule has 3 N–H and O–H groups in total. The van der Waals surface area contributed by atoms with Gasteiger partial charge < -0.3 is 33.8 Å². The molecule has 0 aliphatic carbocycles. The molecule has 0 aliphatic rings. The second-order valence-corrected chi connectivity index (χ2v) is 28.2. The summed E-state index contributed by atoms with van der Waals surface area (Å²) in [6, 6.07) is 0. The van der Waals surface area contributed by atoms with E-state index in [9.17, 15) is 43.2 Å². The normalized spacial score (nSPS) is 15.0. The molecule has 85 heavy (non-hydrogen) atoms. The van der Waals surface area contributed by atoms with Gasteiger partial charge in [0, 0.05) is 25.7 Å². The molecule has 0 aromatic rings. The quantitative estimate of drug-likeness (QED) is 0.0222. The standard InChI is InChI=1S/C66H128O17P2/c1-9-58(7)44-36-28-20-15-17-21-30-38-46-63(68)76-52-61(83-66(71)49-41-33-23-16-14-19-27-35-43-57(5)6)54-80-84(72,73)78-50-60(67)51-79-85(74,75)81-55-62(53-77-64(69)47-39-31-25-24-29-37-45-59(8)10-2)82-65(70)48-40-32-22-13-11-12-18-26-34-42-56(3)4/h56-62,67H,9-55H2,1-8H3,(H,72,73)(H,74,75)/t58?,59?,60-,61-,62-/m1/s1. The topological polar surface area (TPSA) is 237 Å². The Bertz CT molecular complexity index is 1700. The Morgan fingerprint density at radius 3 is 0.835 bits per heavy atom. The van der Waals surface area contributed by atoms with Crippen molar-refractivity contribution in [1.29, 1.82) is 0 Å². The van der Waals surface area contributed by atoms with E-state index in [2.05, 4.69) is 55.4 Å². The van der Waals surface area contributed by atoms with Crippen LogP contribution in [-0.2, 0) is 65.4 Å². The number of aliphatic hydroxyl groups excluding tert-OH is 1. The van der Waals surface area contributed by atoms with E-state index < -0.39 is 97.5 Å². The Labute approximate surface area is 517 Å². The van der Waals surface area contributed by atoms with Gasteiger partial charge in [-0.3, -0.25) is 37.3 Å². The van der Waals surface area contributed by atoms with E-state index >= 15 is 0 Å². The van der Waals surface area contributed by atoms with Crippen LogP contribution in [0.15, 0.2) is 0 Å². The first kappa shape index (κ1) is 83.1. The molecule has 0 spiro atoms. The maximum atomic E-state index is 13.0. The zero-order valence-corrected chi connectivity index (χ0v) is 57.0. The van der Waals surface area contributed by atoms with E-state index in [1.165, 1.54) is 116 Å². The molecule has 0 heterocycles. The molecule has 0 amide bonds. The van der Waals surface area contributed by atoms with Crippen molar-refractivity contribution >= 4 is 39.5 Å². The number of phosphoric ester groups is 2. The molecular weight excluding hydrogens is 1130 g/mol. The molecule has 17 nitrogen and oxygen atoms in total. The minimum absolute atomic E-state index is 0.103. The Morgan fingerprint density at radius 2 is 0.565 bits per heavy atom. The number of carbonyl (C=O) groups excluding carboxylic acids is 4. The number of phosphoric acid groups is 2. The van der Waals surface area contributed by atoms with Gasteiger partial charge in [0.05, 0.1) is 26.4 Å². The van der Waals surface area contributed by atoms with E-state index in [4.69, 9.17) is 37.0 Å². The van der Waals surface area contributed by atoms with E-state index in [0.717, 1.165) is 120 Å². The van der Waals surface area contributed by atoms with Crippen molar-refractivity contribution in [3.05, 3.63) is 0 Å². The average molecular weight is 1260 g/mol. The summed E-state index contributed by atoms with van der Waals surface area (Å²) in [5.74, 6) is 0.825. The summed E-state index contributed by atoms with van der Waals surface area (Å²) in [5, 5.41) is 10.6. The third-order valence-electron chi connectivity index (χ3n) is 15.8. The largest absolute Gasteiger partial charge is 0.472 e. The molecule has 19 heteroatoms. The Morgan fingerprint density at radius 1 is 0.329 bits per heavy atom. The number of hydrogen-bond donors (Lipinski definition) is 3. The number of unbranched alkanes of at least 4 members (excludes halogenated alkanes) is 27. The van der Waals surface area contributed by atoms with Gasteiger partial charge in [-0.2, -0.15) is 0 Å². The molecule has 0 radical (unpaired) electrons. The minimum Gasteiger partial charge on any atom is -0.462 e. The summed E-state index contributed by atoms with van der Waals surface area (Å²) >= 11 is 0. The maximum Gasteiger partial charge on any atom is 0.472 e. The fourth-order valence-electron chi connectivity index (χ4n) is 9.72. The highest BCUT2D eigenvalue weighted by molar-refractivity contribution is 7.47. The van der Waals surface area contributed by atoms with Crippen LogP contribution in [0.25, 0.3) is 0 Å². The molecule has 504 valence electrons. The predicted octanol–water partition coefficient (Wildman–Crippen LogP) is 18.1. The van der Waals surface area contributed by atoms with Gasteiger partial charge in [0.25, 0.3) is 0 Å². The fourth-order valence-corrected chi connectivity index (χ4v) is 11.3. The average Bonchev–Trinajstić information content (AvgIpc) is 3.48. The SMILES string of the molecule is CCC(C)CCCCCCCCCCC(=O)OC[C@H](COP(=O)(O)OC[C@@H](O)COP(=O)(O)OC[C@@H](COC(=O)CCCCCCCCC(C)CC)OC(=O)CCCCCCCCCCCC(C)C)OC(=O)CCCCCCCCCCC(C)C. The number of aliphatic hydroxyl groups is 1. The molecule has 0 rings (SSSR count). The van der Waals surface area contributed by atoms with Crippen molar-refractivity contribution in [3.8, 4) is 0 Å². The van der Waals surface area contributed by atoms with E-state index in [1.807, 2.05) is 0 Å². The van der Waals surface area contributed by atoms with Gasteiger partial charge in [-0.05, 0) is 49.4 Å².